The minimum atomic E-state index is -0.0851. The summed E-state index contributed by atoms with van der Waals surface area (Å²) in [5, 5.41) is 9.96. The Kier molecular flexibility index (Phi) is 5.62. The van der Waals surface area contributed by atoms with Crippen molar-refractivity contribution in [1.82, 2.24) is 4.90 Å². The van der Waals surface area contributed by atoms with E-state index in [-0.39, 0.29) is 6.10 Å². The predicted molar refractivity (Wildman–Crippen MR) is 65.0 cm³/mol. The summed E-state index contributed by atoms with van der Waals surface area (Å²) in [6.07, 6.45) is 7.09. The summed E-state index contributed by atoms with van der Waals surface area (Å²) < 4.78 is 0. The van der Waals surface area contributed by atoms with Crippen LogP contribution in [0.2, 0.25) is 0 Å². The molecule has 0 amide bonds. The zero-order valence-corrected chi connectivity index (χ0v) is 10.6. The van der Waals surface area contributed by atoms with Crippen LogP contribution in [0.25, 0.3) is 0 Å². The molecule has 15 heavy (non-hydrogen) atoms. The first kappa shape index (κ1) is 13.0. The zero-order chi connectivity index (χ0) is 11.3. The molecule has 0 aliphatic heterocycles. The van der Waals surface area contributed by atoms with Gasteiger partial charge in [-0.2, -0.15) is 0 Å². The lowest BCUT2D eigenvalue weighted by atomic mass is 9.90. The Morgan fingerprint density at radius 3 is 2.33 bits per heavy atom. The van der Waals surface area contributed by atoms with E-state index >= 15 is 0 Å². The fourth-order valence-electron chi connectivity index (χ4n) is 2.70. The van der Waals surface area contributed by atoms with E-state index in [0.717, 1.165) is 18.9 Å². The number of aliphatic hydroxyl groups is 1. The first-order chi connectivity index (χ1) is 7.19. The Labute approximate surface area is 94.7 Å². The summed E-state index contributed by atoms with van der Waals surface area (Å²) in [6.45, 7) is 5.67. The Hall–Kier alpha value is -0.0800. The van der Waals surface area contributed by atoms with E-state index in [1.807, 2.05) is 0 Å². The highest BCUT2D eigenvalue weighted by Crippen LogP contribution is 2.23. The van der Waals surface area contributed by atoms with Crippen molar-refractivity contribution in [2.75, 3.05) is 13.6 Å². The second kappa shape index (κ2) is 6.49. The maximum absolute atomic E-state index is 9.96. The van der Waals surface area contributed by atoms with E-state index < -0.39 is 0 Å². The minimum Gasteiger partial charge on any atom is -0.391 e. The molecule has 2 unspecified atom stereocenters. The molecule has 0 spiro atoms. The largest absolute Gasteiger partial charge is 0.391 e. The lowest BCUT2D eigenvalue weighted by Gasteiger charge is -2.36. The smallest absolute Gasteiger partial charge is 0.0695 e. The molecule has 1 aliphatic carbocycles. The van der Waals surface area contributed by atoms with Gasteiger partial charge in [-0.15, -0.1) is 0 Å². The average Bonchev–Trinajstić information content (AvgIpc) is 2.26. The summed E-state index contributed by atoms with van der Waals surface area (Å²) in [6, 6.07) is 0.416. The van der Waals surface area contributed by atoms with E-state index in [4.69, 9.17) is 0 Å². The fourth-order valence-corrected chi connectivity index (χ4v) is 2.70. The molecular weight excluding hydrogens is 186 g/mol. The summed E-state index contributed by atoms with van der Waals surface area (Å²) in [5.74, 6) is 0.795. The molecule has 2 heteroatoms. The van der Waals surface area contributed by atoms with Crippen LogP contribution in [0, 0.1) is 5.92 Å². The van der Waals surface area contributed by atoms with E-state index in [2.05, 4.69) is 25.8 Å². The van der Waals surface area contributed by atoms with Crippen molar-refractivity contribution in [2.45, 2.75) is 64.5 Å². The van der Waals surface area contributed by atoms with Gasteiger partial charge in [0.1, 0.15) is 0 Å². The van der Waals surface area contributed by atoms with Gasteiger partial charge >= 0.3 is 0 Å². The normalized spacial score (nSPS) is 27.6. The molecule has 2 atom stereocenters. The number of aliphatic hydroxyl groups excluding tert-OH is 1. The van der Waals surface area contributed by atoms with Crippen LogP contribution in [0.3, 0.4) is 0 Å². The van der Waals surface area contributed by atoms with Crippen LogP contribution in [-0.4, -0.2) is 35.7 Å². The molecule has 0 aromatic carbocycles. The van der Waals surface area contributed by atoms with Crippen LogP contribution < -0.4 is 0 Å². The lowest BCUT2D eigenvalue weighted by Crippen LogP contribution is -2.45. The van der Waals surface area contributed by atoms with Gasteiger partial charge in [0.25, 0.3) is 0 Å². The molecule has 2 nitrogen and oxygen atoms in total. The molecule has 0 aromatic rings. The van der Waals surface area contributed by atoms with Gasteiger partial charge in [-0.3, -0.25) is 0 Å². The number of likely N-dealkylation sites (N-methyl/N-ethyl adjacent to an activating group) is 1. The molecule has 90 valence electrons. The van der Waals surface area contributed by atoms with Gasteiger partial charge < -0.3 is 10.0 Å². The zero-order valence-electron chi connectivity index (χ0n) is 10.6. The Balaban J connectivity index is 2.40. The monoisotopic (exact) mass is 213 g/mol. The average molecular weight is 213 g/mol. The van der Waals surface area contributed by atoms with Crippen molar-refractivity contribution in [3.8, 4) is 0 Å². The van der Waals surface area contributed by atoms with E-state index in [1.54, 1.807) is 0 Å². The van der Waals surface area contributed by atoms with Gasteiger partial charge in [0.2, 0.25) is 0 Å². The maximum Gasteiger partial charge on any atom is 0.0695 e. The van der Waals surface area contributed by atoms with E-state index in [9.17, 15) is 5.11 Å². The fraction of sp³-hybridized carbons (Fsp3) is 1.00. The molecule has 1 N–H and O–H groups in total. The predicted octanol–water partition coefficient (Wildman–Crippen LogP) is 2.66. The van der Waals surface area contributed by atoms with Gasteiger partial charge in [-0.25, -0.2) is 0 Å². The highest BCUT2D eigenvalue weighted by atomic mass is 16.3. The van der Waals surface area contributed by atoms with Gasteiger partial charge in [0, 0.05) is 12.6 Å². The summed E-state index contributed by atoms with van der Waals surface area (Å²) in [7, 11) is 2.18. The van der Waals surface area contributed by atoms with Gasteiger partial charge in [-0.1, -0.05) is 39.5 Å². The van der Waals surface area contributed by atoms with Crippen LogP contribution in [0.5, 0.6) is 0 Å². The molecule has 0 heterocycles. The second-order valence-electron chi connectivity index (χ2n) is 5.04. The highest BCUT2D eigenvalue weighted by Gasteiger charge is 2.27. The van der Waals surface area contributed by atoms with Crippen molar-refractivity contribution in [3.63, 3.8) is 0 Å². The molecule has 0 radical (unpaired) electrons. The SMILES string of the molecule is CCC(CC)CN(C)C1CCCCC1O. The summed E-state index contributed by atoms with van der Waals surface area (Å²) in [4.78, 5) is 2.39. The molecule has 1 saturated carbocycles. The highest BCUT2D eigenvalue weighted by molar-refractivity contribution is 4.82. The number of nitrogens with zero attached hydrogens (tertiary/aromatic N) is 1. The first-order valence-corrected chi connectivity index (χ1v) is 6.57. The number of hydrogen-bond acceptors (Lipinski definition) is 2. The van der Waals surface area contributed by atoms with Crippen molar-refractivity contribution >= 4 is 0 Å². The second-order valence-corrected chi connectivity index (χ2v) is 5.04. The van der Waals surface area contributed by atoms with Gasteiger partial charge in [0.15, 0.2) is 0 Å². The topological polar surface area (TPSA) is 23.5 Å². The maximum atomic E-state index is 9.96. The Morgan fingerprint density at radius 2 is 1.80 bits per heavy atom. The van der Waals surface area contributed by atoms with Crippen LogP contribution >= 0.6 is 0 Å². The molecule has 1 fully saturated rings. The van der Waals surface area contributed by atoms with Crippen LogP contribution in [0.4, 0.5) is 0 Å². The van der Waals surface area contributed by atoms with Crippen molar-refractivity contribution in [2.24, 2.45) is 5.92 Å². The van der Waals surface area contributed by atoms with Crippen LogP contribution in [0.15, 0.2) is 0 Å². The number of hydrogen-bond donors (Lipinski definition) is 1. The van der Waals surface area contributed by atoms with Crippen LogP contribution in [0.1, 0.15) is 52.4 Å². The molecule has 1 rings (SSSR count). The van der Waals surface area contributed by atoms with Crippen molar-refractivity contribution in [3.05, 3.63) is 0 Å². The van der Waals surface area contributed by atoms with Crippen molar-refractivity contribution < 1.29 is 5.11 Å². The first-order valence-electron chi connectivity index (χ1n) is 6.57. The molecule has 1 aliphatic rings. The van der Waals surface area contributed by atoms with E-state index in [1.165, 1.54) is 32.1 Å². The molecule has 0 aromatic heterocycles. The van der Waals surface area contributed by atoms with Crippen molar-refractivity contribution in [1.29, 1.82) is 0 Å². The van der Waals surface area contributed by atoms with Gasteiger partial charge in [0.05, 0.1) is 6.10 Å². The third kappa shape index (κ3) is 3.76. The quantitative estimate of drug-likeness (QED) is 0.759. The Bertz CT molecular complexity index is 168. The Morgan fingerprint density at radius 1 is 1.20 bits per heavy atom. The third-order valence-electron chi connectivity index (χ3n) is 3.96. The standard InChI is InChI=1S/C13H27NO/c1-4-11(5-2)10-14(3)12-8-6-7-9-13(12)15/h11-13,15H,4-10H2,1-3H3. The third-order valence-corrected chi connectivity index (χ3v) is 3.96. The summed E-state index contributed by atoms with van der Waals surface area (Å²) in [5.41, 5.74) is 0. The molecule has 0 bridgehead atoms. The summed E-state index contributed by atoms with van der Waals surface area (Å²) >= 11 is 0. The minimum absolute atomic E-state index is 0.0851. The van der Waals surface area contributed by atoms with Crippen LogP contribution in [-0.2, 0) is 0 Å². The molecule has 0 saturated heterocycles. The number of rotatable bonds is 5. The van der Waals surface area contributed by atoms with Gasteiger partial charge in [-0.05, 0) is 25.8 Å². The lowest BCUT2D eigenvalue weighted by molar-refractivity contribution is 0.0252. The van der Waals surface area contributed by atoms with E-state index in [0.29, 0.717) is 6.04 Å². The molecular formula is C13H27NO.